The van der Waals surface area contributed by atoms with E-state index in [-0.39, 0.29) is 17.9 Å². The molecule has 0 aliphatic carbocycles. The molecule has 182 valence electrons. The number of carbonyl (C=O) groups excluding carboxylic acids is 2. The van der Waals surface area contributed by atoms with E-state index < -0.39 is 0 Å². The number of amidine groups is 1. The van der Waals surface area contributed by atoms with Crippen molar-refractivity contribution >= 4 is 40.5 Å². The minimum Gasteiger partial charge on any atom is -0.340 e. The van der Waals surface area contributed by atoms with Gasteiger partial charge in [0, 0.05) is 37.2 Å². The van der Waals surface area contributed by atoms with Crippen molar-refractivity contribution in [1.29, 1.82) is 0 Å². The molecule has 0 aromatic heterocycles. The first kappa shape index (κ1) is 24.8. The van der Waals surface area contributed by atoms with Crippen LogP contribution in [0, 0.1) is 0 Å². The number of likely N-dealkylation sites (N-methyl/N-ethyl adjacent to an activating group) is 1. The largest absolute Gasteiger partial charge is 0.340 e. The molecule has 2 aliphatic heterocycles. The summed E-state index contributed by atoms with van der Waals surface area (Å²) in [5.74, 6) is 0.853. The molecule has 6 nitrogen and oxygen atoms in total. The van der Waals surface area contributed by atoms with Crippen molar-refractivity contribution in [3.8, 4) is 0 Å². The third-order valence-corrected chi connectivity index (χ3v) is 7.31. The van der Waals surface area contributed by atoms with Crippen LogP contribution in [0.4, 0.5) is 5.69 Å². The molecule has 4 rings (SSSR count). The first-order valence-corrected chi connectivity index (χ1v) is 13.1. The predicted octanol–water partition coefficient (Wildman–Crippen LogP) is 5.33. The summed E-state index contributed by atoms with van der Waals surface area (Å²) in [6.07, 6.45) is 4.36. The first-order valence-electron chi connectivity index (χ1n) is 12.1. The molecule has 1 atom stereocenters. The molecular weight excluding hydrogens is 456 g/mol. The Labute approximate surface area is 211 Å². The Morgan fingerprint density at radius 3 is 2.66 bits per heavy atom. The summed E-state index contributed by atoms with van der Waals surface area (Å²) in [7, 11) is 0. The molecule has 0 radical (unpaired) electrons. The number of fused-ring (bicyclic) bond motifs is 1. The molecule has 2 aromatic carbocycles. The molecule has 1 unspecified atom stereocenters. The Kier molecular flexibility index (Phi) is 8.08. The first-order chi connectivity index (χ1) is 17.0. The molecule has 1 fully saturated rings. The minimum atomic E-state index is -0.236. The number of allylic oxidation sites excluding steroid dienone is 1. The maximum Gasteiger partial charge on any atom is 0.254 e. The Bertz CT molecular complexity index is 1170. The van der Waals surface area contributed by atoms with Crippen molar-refractivity contribution in [3.05, 3.63) is 83.1 Å². The van der Waals surface area contributed by atoms with Gasteiger partial charge in [0.2, 0.25) is 5.91 Å². The highest BCUT2D eigenvalue weighted by Crippen LogP contribution is 2.40. The maximum atomic E-state index is 13.6. The van der Waals surface area contributed by atoms with Crippen LogP contribution in [-0.2, 0) is 9.59 Å². The van der Waals surface area contributed by atoms with E-state index in [1.54, 1.807) is 17.8 Å². The summed E-state index contributed by atoms with van der Waals surface area (Å²) in [5, 5.41) is 3.94. The van der Waals surface area contributed by atoms with Gasteiger partial charge in [-0.2, -0.15) is 0 Å². The molecule has 7 heteroatoms. The van der Waals surface area contributed by atoms with Crippen LogP contribution in [0.15, 0.2) is 76.9 Å². The Balaban J connectivity index is 1.64. The second-order valence-electron chi connectivity index (χ2n) is 8.53. The van der Waals surface area contributed by atoms with Gasteiger partial charge < -0.3 is 15.1 Å². The summed E-state index contributed by atoms with van der Waals surface area (Å²) in [5.41, 5.74) is 4.12. The minimum absolute atomic E-state index is 0.0242. The fraction of sp³-hybridized carbons (Fsp3) is 0.321. The van der Waals surface area contributed by atoms with E-state index in [0.717, 1.165) is 40.7 Å². The number of amides is 2. The molecule has 1 saturated heterocycles. The number of thioether (sulfide) groups is 1. The van der Waals surface area contributed by atoms with E-state index >= 15 is 0 Å². The van der Waals surface area contributed by atoms with Gasteiger partial charge in [0.15, 0.2) is 5.17 Å². The van der Waals surface area contributed by atoms with Gasteiger partial charge in [-0.05, 0) is 56.5 Å². The number of anilines is 1. The van der Waals surface area contributed by atoms with Crippen molar-refractivity contribution < 1.29 is 9.59 Å². The van der Waals surface area contributed by atoms with Crippen molar-refractivity contribution in [1.82, 2.24) is 9.80 Å². The van der Waals surface area contributed by atoms with Gasteiger partial charge in [-0.25, -0.2) is 4.99 Å². The predicted molar refractivity (Wildman–Crippen MR) is 145 cm³/mol. The molecule has 2 aromatic rings. The average Bonchev–Trinajstić information content (AvgIpc) is 2.88. The zero-order valence-corrected chi connectivity index (χ0v) is 21.3. The Morgan fingerprint density at radius 1 is 1.14 bits per heavy atom. The molecule has 2 amide bonds. The van der Waals surface area contributed by atoms with Gasteiger partial charge in [0.05, 0.1) is 17.3 Å². The van der Waals surface area contributed by atoms with Crippen LogP contribution in [0.25, 0.3) is 6.08 Å². The van der Waals surface area contributed by atoms with E-state index in [1.807, 2.05) is 80.3 Å². The number of nitrogens with zero attached hydrogens (tertiary/aromatic N) is 3. The third-order valence-electron chi connectivity index (χ3n) is 6.24. The van der Waals surface area contributed by atoms with Crippen molar-refractivity contribution in [3.63, 3.8) is 0 Å². The second-order valence-corrected chi connectivity index (χ2v) is 9.59. The van der Waals surface area contributed by atoms with Crippen LogP contribution >= 0.6 is 11.8 Å². The monoisotopic (exact) mass is 488 g/mol. The third kappa shape index (κ3) is 5.68. The van der Waals surface area contributed by atoms with Gasteiger partial charge in [0.1, 0.15) is 0 Å². The van der Waals surface area contributed by atoms with Crippen molar-refractivity contribution in [2.45, 2.75) is 33.2 Å². The lowest BCUT2D eigenvalue weighted by Gasteiger charge is -2.41. The van der Waals surface area contributed by atoms with Crippen LogP contribution in [-0.4, -0.2) is 52.2 Å². The van der Waals surface area contributed by atoms with E-state index in [4.69, 9.17) is 4.99 Å². The quantitative estimate of drug-likeness (QED) is 0.535. The SMILES string of the molecule is CCN(CC)C(=O)C1=C(C)N=C2SCCCN2C1c1cccc(NC(=O)/C=C/c2ccccc2)c1. The van der Waals surface area contributed by atoms with Gasteiger partial charge >= 0.3 is 0 Å². The molecule has 35 heavy (non-hydrogen) atoms. The number of hydrogen-bond acceptors (Lipinski definition) is 5. The number of rotatable bonds is 7. The van der Waals surface area contributed by atoms with Gasteiger partial charge in [-0.15, -0.1) is 0 Å². The van der Waals surface area contributed by atoms with E-state index in [2.05, 4.69) is 10.2 Å². The topological polar surface area (TPSA) is 65.0 Å². The summed E-state index contributed by atoms with van der Waals surface area (Å²) < 4.78 is 0. The smallest absolute Gasteiger partial charge is 0.254 e. The fourth-order valence-electron chi connectivity index (χ4n) is 4.48. The molecule has 1 N–H and O–H groups in total. The zero-order valence-electron chi connectivity index (χ0n) is 20.5. The highest BCUT2D eigenvalue weighted by Gasteiger charge is 2.38. The number of nitrogens with one attached hydrogen (secondary N) is 1. The molecule has 2 aliphatic rings. The number of hydrogen-bond donors (Lipinski definition) is 1. The summed E-state index contributed by atoms with van der Waals surface area (Å²) >= 11 is 1.74. The van der Waals surface area contributed by atoms with Crippen molar-refractivity contribution in [2.24, 2.45) is 4.99 Å². The number of aliphatic imine (C=N–C) groups is 1. The number of benzene rings is 2. The van der Waals surface area contributed by atoms with E-state index in [0.29, 0.717) is 24.4 Å². The van der Waals surface area contributed by atoms with Gasteiger partial charge in [-0.3, -0.25) is 9.59 Å². The molecule has 0 spiro atoms. The summed E-state index contributed by atoms with van der Waals surface area (Å²) in [6, 6.07) is 17.3. The van der Waals surface area contributed by atoms with E-state index in [1.165, 1.54) is 6.08 Å². The summed E-state index contributed by atoms with van der Waals surface area (Å²) in [4.78, 5) is 35.1. The maximum absolute atomic E-state index is 13.6. The van der Waals surface area contributed by atoms with E-state index in [9.17, 15) is 9.59 Å². The van der Waals surface area contributed by atoms with Crippen molar-refractivity contribution in [2.75, 3.05) is 30.7 Å². The van der Waals surface area contributed by atoms with Crippen LogP contribution < -0.4 is 5.32 Å². The molecule has 2 heterocycles. The van der Waals surface area contributed by atoms with Gasteiger partial charge in [-0.1, -0.05) is 54.2 Å². The van der Waals surface area contributed by atoms with Crippen LogP contribution in [0.3, 0.4) is 0 Å². The molecular formula is C28H32N4O2S. The van der Waals surface area contributed by atoms with Gasteiger partial charge in [0.25, 0.3) is 5.91 Å². The highest BCUT2D eigenvalue weighted by atomic mass is 32.2. The zero-order chi connectivity index (χ0) is 24.8. The lowest BCUT2D eigenvalue weighted by Crippen LogP contribution is -2.45. The van der Waals surface area contributed by atoms with Crippen LogP contribution in [0.1, 0.15) is 44.4 Å². The molecule has 0 bridgehead atoms. The molecule has 0 saturated carbocycles. The second kappa shape index (κ2) is 11.4. The normalized spacial score (nSPS) is 17.7. The standard InChI is InChI=1S/C28H32N4O2S/c1-4-31(5-2)27(34)25-20(3)29-28-32(17-10-18-35-28)26(25)22-13-9-14-23(19-22)30-24(33)16-15-21-11-7-6-8-12-21/h6-9,11-16,19,26H,4-5,10,17-18H2,1-3H3,(H,30,33)/b16-15+. The summed E-state index contributed by atoms with van der Waals surface area (Å²) in [6.45, 7) is 8.07. The lowest BCUT2D eigenvalue weighted by molar-refractivity contribution is -0.127. The lowest BCUT2D eigenvalue weighted by atomic mass is 9.92. The van der Waals surface area contributed by atoms with Crippen LogP contribution in [0.2, 0.25) is 0 Å². The average molecular weight is 489 g/mol. The Hall–Kier alpha value is -3.32. The Morgan fingerprint density at radius 2 is 1.91 bits per heavy atom. The van der Waals surface area contributed by atoms with Crippen LogP contribution in [0.5, 0.6) is 0 Å². The fourth-order valence-corrected chi connectivity index (χ4v) is 5.50. The number of carbonyl (C=O) groups is 2. The highest BCUT2D eigenvalue weighted by molar-refractivity contribution is 8.13.